The highest BCUT2D eigenvalue weighted by atomic mass is 16.1. The Morgan fingerprint density at radius 1 is 1.06 bits per heavy atom. The summed E-state index contributed by atoms with van der Waals surface area (Å²) in [6.07, 6.45) is 0.729. The van der Waals surface area contributed by atoms with Crippen LogP contribution in [0.1, 0.15) is 29.4 Å². The molecular weight excluding hydrogens is 224 g/mol. The molecule has 0 amide bonds. The molecule has 0 unspecified atom stereocenters. The Morgan fingerprint density at radius 3 is 2.39 bits per heavy atom. The fourth-order valence-corrected chi connectivity index (χ4v) is 2.05. The van der Waals surface area contributed by atoms with E-state index in [1.54, 1.807) is 6.07 Å². The van der Waals surface area contributed by atoms with Crippen LogP contribution >= 0.6 is 0 Å². The van der Waals surface area contributed by atoms with Crippen molar-refractivity contribution in [3.8, 4) is 11.3 Å². The zero-order valence-electron chi connectivity index (χ0n) is 11.3. The zero-order valence-corrected chi connectivity index (χ0v) is 11.3. The van der Waals surface area contributed by atoms with Gasteiger partial charge < -0.3 is 4.98 Å². The van der Waals surface area contributed by atoms with Gasteiger partial charge in [-0.15, -0.1) is 0 Å². The molecule has 0 fully saturated rings. The summed E-state index contributed by atoms with van der Waals surface area (Å²) in [6, 6.07) is 5.81. The Kier molecular flexibility index (Phi) is 3.32. The lowest BCUT2D eigenvalue weighted by Gasteiger charge is -2.10. The van der Waals surface area contributed by atoms with Crippen LogP contribution in [0.25, 0.3) is 11.3 Å². The van der Waals surface area contributed by atoms with Crippen LogP contribution in [0.2, 0.25) is 0 Å². The predicted molar refractivity (Wildman–Crippen MR) is 73.9 cm³/mol. The van der Waals surface area contributed by atoms with Gasteiger partial charge in [0.25, 0.3) is 5.56 Å². The van der Waals surface area contributed by atoms with Crippen molar-refractivity contribution in [3.63, 3.8) is 0 Å². The minimum atomic E-state index is -0.0884. The van der Waals surface area contributed by atoms with Gasteiger partial charge in [-0.2, -0.15) is 0 Å². The lowest BCUT2D eigenvalue weighted by atomic mass is 9.98. The molecule has 0 saturated carbocycles. The first-order valence-corrected chi connectivity index (χ1v) is 6.19. The third-order valence-electron chi connectivity index (χ3n) is 3.24. The molecule has 94 valence electrons. The lowest BCUT2D eigenvalue weighted by Crippen LogP contribution is -2.10. The van der Waals surface area contributed by atoms with Gasteiger partial charge in [0.15, 0.2) is 0 Å². The number of benzene rings is 1. The van der Waals surface area contributed by atoms with Crippen LogP contribution in [0.15, 0.2) is 23.0 Å². The maximum Gasteiger partial charge on any atom is 0.251 e. The fraction of sp³-hybridized carbons (Fsp3) is 0.333. The summed E-state index contributed by atoms with van der Waals surface area (Å²) in [6.45, 7) is 8.20. The highest BCUT2D eigenvalue weighted by molar-refractivity contribution is 5.65. The van der Waals surface area contributed by atoms with Crippen molar-refractivity contribution in [2.75, 3.05) is 0 Å². The molecule has 3 nitrogen and oxygen atoms in total. The van der Waals surface area contributed by atoms with Crippen LogP contribution in [0, 0.1) is 20.8 Å². The molecule has 0 aliphatic heterocycles. The van der Waals surface area contributed by atoms with Crippen molar-refractivity contribution < 1.29 is 0 Å². The van der Waals surface area contributed by atoms with E-state index < -0.39 is 0 Å². The van der Waals surface area contributed by atoms with Gasteiger partial charge in [0.1, 0.15) is 5.82 Å². The maximum absolute atomic E-state index is 11.6. The summed E-state index contributed by atoms with van der Waals surface area (Å²) in [5.74, 6) is 0.732. The van der Waals surface area contributed by atoms with E-state index in [1.807, 2.05) is 6.92 Å². The molecule has 0 radical (unpaired) electrons. The van der Waals surface area contributed by atoms with Gasteiger partial charge >= 0.3 is 0 Å². The van der Waals surface area contributed by atoms with E-state index in [0.29, 0.717) is 0 Å². The van der Waals surface area contributed by atoms with Crippen molar-refractivity contribution in [1.29, 1.82) is 0 Å². The minimum absolute atomic E-state index is 0.0884. The molecule has 2 rings (SSSR count). The SMILES string of the molecule is CCc1nc(-c2cc(C)c(C)cc2C)cc(=O)[nH]1. The molecule has 0 aliphatic carbocycles. The summed E-state index contributed by atoms with van der Waals surface area (Å²) >= 11 is 0. The average Bonchev–Trinajstić information content (AvgIpc) is 2.33. The first kappa shape index (κ1) is 12.6. The Bertz CT molecular complexity index is 641. The summed E-state index contributed by atoms with van der Waals surface area (Å²) in [4.78, 5) is 18.9. The minimum Gasteiger partial charge on any atom is -0.311 e. The topological polar surface area (TPSA) is 45.8 Å². The highest BCUT2D eigenvalue weighted by Crippen LogP contribution is 2.24. The van der Waals surface area contributed by atoms with Gasteiger partial charge in [0, 0.05) is 18.1 Å². The molecule has 1 heterocycles. The molecule has 3 heteroatoms. The first-order valence-electron chi connectivity index (χ1n) is 6.19. The summed E-state index contributed by atoms with van der Waals surface area (Å²) in [5, 5.41) is 0. The molecule has 1 N–H and O–H groups in total. The smallest absolute Gasteiger partial charge is 0.251 e. The Balaban J connectivity index is 2.65. The standard InChI is InChI=1S/C15H18N2O/c1-5-14-16-13(8-15(18)17-14)12-7-10(3)9(2)6-11(12)4/h6-8H,5H2,1-4H3,(H,16,17,18). The van der Waals surface area contributed by atoms with Gasteiger partial charge in [0.2, 0.25) is 0 Å². The number of hydrogen-bond donors (Lipinski definition) is 1. The van der Waals surface area contributed by atoms with Crippen molar-refractivity contribution in [1.82, 2.24) is 9.97 Å². The average molecular weight is 242 g/mol. The molecule has 0 saturated heterocycles. The normalized spacial score (nSPS) is 10.7. The number of aryl methyl sites for hydroxylation is 4. The molecule has 1 aromatic heterocycles. The lowest BCUT2D eigenvalue weighted by molar-refractivity contribution is 0.923. The maximum atomic E-state index is 11.6. The quantitative estimate of drug-likeness (QED) is 0.880. The van der Waals surface area contributed by atoms with E-state index in [4.69, 9.17) is 0 Å². The third kappa shape index (κ3) is 2.35. The van der Waals surface area contributed by atoms with Gasteiger partial charge in [-0.25, -0.2) is 4.98 Å². The van der Waals surface area contributed by atoms with Crippen LogP contribution < -0.4 is 5.56 Å². The van der Waals surface area contributed by atoms with E-state index in [9.17, 15) is 4.79 Å². The molecule has 1 aromatic carbocycles. The van der Waals surface area contributed by atoms with Crippen LogP contribution in [0.5, 0.6) is 0 Å². The Morgan fingerprint density at radius 2 is 1.72 bits per heavy atom. The molecule has 0 aliphatic rings. The molecular formula is C15H18N2O. The molecule has 0 bridgehead atoms. The highest BCUT2D eigenvalue weighted by Gasteiger charge is 2.08. The van der Waals surface area contributed by atoms with Gasteiger partial charge in [0.05, 0.1) is 5.69 Å². The van der Waals surface area contributed by atoms with E-state index in [2.05, 4.69) is 42.9 Å². The second-order valence-corrected chi connectivity index (χ2v) is 4.68. The van der Waals surface area contributed by atoms with Crippen LogP contribution in [-0.2, 0) is 6.42 Å². The van der Waals surface area contributed by atoms with Crippen molar-refractivity contribution in [3.05, 3.63) is 51.1 Å². The van der Waals surface area contributed by atoms with Crippen LogP contribution in [0.3, 0.4) is 0 Å². The van der Waals surface area contributed by atoms with Gasteiger partial charge in [-0.3, -0.25) is 4.79 Å². The number of aromatic nitrogens is 2. The fourth-order valence-electron chi connectivity index (χ4n) is 2.05. The predicted octanol–water partition coefficient (Wildman–Crippen LogP) is 2.92. The Hall–Kier alpha value is -1.90. The number of aromatic amines is 1. The second kappa shape index (κ2) is 4.77. The number of nitrogens with one attached hydrogen (secondary N) is 1. The van der Waals surface area contributed by atoms with E-state index in [0.717, 1.165) is 29.1 Å². The summed E-state index contributed by atoms with van der Waals surface area (Å²) in [5.41, 5.74) is 5.34. The summed E-state index contributed by atoms with van der Waals surface area (Å²) in [7, 11) is 0. The van der Waals surface area contributed by atoms with E-state index in [-0.39, 0.29) is 5.56 Å². The summed E-state index contributed by atoms with van der Waals surface area (Å²) < 4.78 is 0. The number of nitrogens with zero attached hydrogens (tertiary/aromatic N) is 1. The van der Waals surface area contributed by atoms with Gasteiger partial charge in [-0.1, -0.05) is 13.0 Å². The molecule has 18 heavy (non-hydrogen) atoms. The first-order chi connectivity index (χ1) is 8.51. The van der Waals surface area contributed by atoms with Crippen molar-refractivity contribution >= 4 is 0 Å². The number of hydrogen-bond acceptors (Lipinski definition) is 2. The van der Waals surface area contributed by atoms with Crippen LogP contribution in [-0.4, -0.2) is 9.97 Å². The second-order valence-electron chi connectivity index (χ2n) is 4.68. The van der Waals surface area contributed by atoms with E-state index >= 15 is 0 Å². The van der Waals surface area contributed by atoms with E-state index in [1.165, 1.54) is 11.1 Å². The number of rotatable bonds is 2. The van der Waals surface area contributed by atoms with Crippen LogP contribution in [0.4, 0.5) is 0 Å². The molecule has 0 spiro atoms. The number of H-pyrrole nitrogens is 1. The monoisotopic (exact) mass is 242 g/mol. The molecule has 2 aromatic rings. The van der Waals surface area contributed by atoms with Crippen molar-refractivity contribution in [2.24, 2.45) is 0 Å². The Labute approximate surface area is 107 Å². The molecule has 0 atom stereocenters. The third-order valence-corrected chi connectivity index (χ3v) is 3.24. The largest absolute Gasteiger partial charge is 0.311 e. The zero-order chi connectivity index (χ0) is 13.3. The van der Waals surface area contributed by atoms with Gasteiger partial charge in [-0.05, 0) is 43.5 Å². The van der Waals surface area contributed by atoms with Crippen molar-refractivity contribution in [2.45, 2.75) is 34.1 Å².